The van der Waals surface area contributed by atoms with Crippen molar-refractivity contribution in [3.63, 3.8) is 0 Å². The SMILES string of the molecule is C=CCc1nc(C)n2c(=O)[nH]c(NC(C)=O)nc12. The molecule has 2 aromatic rings. The molecule has 0 bridgehead atoms. The second kappa shape index (κ2) is 4.44. The molecule has 0 aliphatic rings. The highest BCUT2D eigenvalue weighted by Gasteiger charge is 2.13. The van der Waals surface area contributed by atoms with E-state index in [0.717, 1.165) is 0 Å². The van der Waals surface area contributed by atoms with Crippen LogP contribution in [0.4, 0.5) is 5.95 Å². The monoisotopic (exact) mass is 247 g/mol. The van der Waals surface area contributed by atoms with Crippen LogP contribution in [0, 0.1) is 6.92 Å². The van der Waals surface area contributed by atoms with Crippen LogP contribution in [-0.4, -0.2) is 25.3 Å². The molecule has 0 saturated heterocycles. The predicted molar refractivity (Wildman–Crippen MR) is 66.5 cm³/mol. The number of fused-ring (bicyclic) bond motifs is 1. The van der Waals surface area contributed by atoms with Crippen molar-refractivity contribution in [2.75, 3.05) is 5.32 Å². The van der Waals surface area contributed by atoms with Gasteiger partial charge >= 0.3 is 5.69 Å². The minimum Gasteiger partial charge on any atom is -0.296 e. The van der Waals surface area contributed by atoms with E-state index in [9.17, 15) is 9.59 Å². The molecule has 2 heterocycles. The van der Waals surface area contributed by atoms with Crippen LogP contribution >= 0.6 is 0 Å². The summed E-state index contributed by atoms with van der Waals surface area (Å²) in [6.45, 7) is 6.69. The van der Waals surface area contributed by atoms with Crippen LogP contribution in [0.15, 0.2) is 17.4 Å². The lowest BCUT2D eigenvalue weighted by Gasteiger charge is -2.02. The molecule has 1 amide bonds. The second-order valence-corrected chi connectivity index (χ2v) is 3.83. The average Bonchev–Trinajstić information content (AvgIpc) is 2.55. The third kappa shape index (κ3) is 2.02. The third-order valence-corrected chi connectivity index (χ3v) is 2.37. The van der Waals surface area contributed by atoms with Gasteiger partial charge in [-0.3, -0.25) is 15.1 Å². The molecule has 0 aliphatic heterocycles. The van der Waals surface area contributed by atoms with E-state index < -0.39 is 0 Å². The Morgan fingerprint density at radius 2 is 2.28 bits per heavy atom. The number of aromatic nitrogens is 4. The Morgan fingerprint density at radius 3 is 2.89 bits per heavy atom. The van der Waals surface area contributed by atoms with Crippen LogP contribution in [0.3, 0.4) is 0 Å². The first-order chi connectivity index (χ1) is 8.52. The fourth-order valence-electron chi connectivity index (χ4n) is 1.73. The number of allylic oxidation sites excluding steroid dienone is 1. The van der Waals surface area contributed by atoms with Crippen molar-refractivity contribution in [3.05, 3.63) is 34.7 Å². The number of hydrogen-bond donors (Lipinski definition) is 2. The number of rotatable bonds is 3. The number of nitrogens with one attached hydrogen (secondary N) is 2. The molecule has 0 aliphatic carbocycles. The predicted octanol–water partition coefficient (Wildman–Crippen LogP) is 0.413. The van der Waals surface area contributed by atoms with E-state index in [0.29, 0.717) is 23.6 Å². The Morgan fingerprint density at radius 1 is 1.56 bits per heavy atom. The molecular formula is C11H13N5O2. The molecule has 0 saturated carbocycles. The maximum Gasteiger partial charge on any atom is 0.335 e. The maximum atomic E-state index is 11.9. The summed E-state index contributed by atoms with van der Waals surface area (Å²) in [5.41, 5.74) is 0.698. The summed E-state index contributed by atoms with van der Waals surface area (Å²) in [5, 5.41) is 2.44. The molecule has 18 heavy (non-hydrogen) atoms. The number of aryl methyl sites for hydroxylation is 1. The number of hydrogen-bond acceptors (Lipinski definition) is 4. The highest BCUT2D eigenvalue weighted by Crippen LogP contribution is 2.10. The topological polar surface area (TPSA) is 92.2 Å². The zero-order valence-electron chi connectivity index (χ0n) is 10.1. The number of aromatic amines is 1. The van der Waals surface area contributed by atoms with E-state index in [-0.39, 0.29) is 17.5 Å². The summed E-state index contributed by atoms with van der Waals surface area (Å²) < 4.78 is 1.37. The van der Waals surface area contributed by atoms with E-state index in [1.54, 1.807) is 13.0 Å². The zero-order chi connectivity index (χ0) is 13.3. The largest absolute Gasteiger partial charge is 0.335 e. The summed E-state index contributed by atoms with van der Waals surface area (Å²) in [5.74, 6) is 0.360. The lowest BCUT2D eigenvalue weighted by atomic mass is 10.3. The number of carbonyl (C=O) groups excluding carboxylic acids is 1. The van der Waals surface area contributed by atoms with Gasteiger partial charge in [-0.05, 0) is 6.92 Å². The van der Waals surface area contributed by atoms with E-state index in [2.05, 4.69) is 26.8 Å². The van der Waals surface area contributed by atoms with Crippen molar-refractivity contribution >= 4 is 17.5 Å². The molecule has 2 rings (SSSR count). The Balaban J connectivity index is 2.68. The van der Waals surface area contributed by atoms with Gasteiger partial charge in [0.25, 0.3) is 0 Å². The van der Waals surface area contributed by atoms with Gasteiger partial charge in [0, 0.05) is 13.3 Å². The number of carbonyl (C=O) groups is 1. The van der Waals surface area contributed by atoms with Gasteiger partial charge in [-0.1, -0.05) is 6.08 Å². The fraction of sp³-hybridized carbons (Fsp3) is 0.273. The molecule has 0 unspecified atom stereocenters. The molecule has 94 valence electrons. The average molecular weight is 247 g/mol. The molecule has 0 fully saturated rings. The van der Waals surface area contributed by atoms with Crippen molar-refractivity contribution in [1.82, 2.24) is 19.4 Å². The Labute approximate surface area is 103 Å². The molecule has 2 aromatic heterocycles. The van der Waals surface area contributed by atoms with Crippen LogP contribution in [0.2, 0.25) is 0 Å². The van der Waals surface area contributed by atoms with Gasteiger partial charge < -0.3 is 0 Å². The first kappa shape index (κ1) is 12.0. The van der Waals surface area contributed by atoms with Crippen molar-refractivity contribution < 1.29 is 4.79 Å². The molecule has 2 N–H and O–H groups in total. The van der Waals surface area contributed by atoms with Crippen molar-refractivity contribution in [1.29, 1.82) is 0 Å². The number of anilines is 1. The first-order valence-corrected chi connectivity index (χ1v) is 5.39. The maximum absolute atomic E-state index is 11.9. The zero-order valence-corrected chi connectivity index (χ0v) is 10.1. The van der Waals surface area contributed by atoms with Gasteiger partial charge in [0.2, 0.25) is 11.9 Å². The molecule has 0 radical (unpaired) electrons. The minimum atomic E-state index is -0.385. The van der Waals surface area contributed by atoms with Crippen LogP contribution < -0.4 is 11.0 Å². The van der Waals surface area contributed by atoms with Gasteiger partial charge in [0.05, 0.1) is 5.69 Å². The van der Waals surface area contributed by atoms with Gasteiger partial charge in [0.15, 0.2) is 5.65 Å². The summed E-state index contributed by atoms with van der Waals surface area (Å²) >= 11 is 0. The Kier molecular flexibility index (Phi) is 2.97. The first-order valence-electron chi connectivity index (χ1n) is 5.39. The lowest BCUT2D eigenvalue weighted by Crippen LogP contribution is -2.22. The highest BCUT2D eigenvalue weighted by molar-refractivity contribution is 5.86. The molecule has 0 atom stereocenters. The summed E-state index contributed by atoms with van der Waals surface area (Å²) in [6.07, 6.45) is 2.19. The normalized spacial score (nSPS) is 10.6. The standard InChI is InChI=1S/C11H13N5O2/c1-4-5-8-9-14-10(13-7(3)17)15-11(18)16(9)6(2)12-8/h4H,1,5H2,2-3H3,(H2,13,14,15,17,18). The van der Waals surface area contributed by atoms with E-state index >= 15 is 0 Å². The van der Waals surface area contributed by atoms with E-state index in [1.807, 2.05) is 0 Å². The van der Waals surface area contributed by atoms with Crippen molar-refractivity contribution in [2.45, 2.75) is 20.3 Å². The molecule has 0 aromatic carbocycles. The summed E-state index contributed by atoms with van der Waals surface area (Å²) in [7, 11) is 0. The van der Waals surface area contributed by atoms with Crippen LogP contribution in [-0.2, 0) is 11.2 Å². The number of H-pyrrole nitrogens is 1. The molecular weight excluding hydrogens is 234 g/mol. The number of imidazole rings is 1. The number of nitrogens with zero attached hydrogens (tertiary/aromatic N) is 3. The van der Waals surface area contributed by atoms with Gasteiger partial charge in [-0.15, -0.1) is 6.58 Å². The molecule has 7 heteroatoms. The van der Waals surface area contributed by atoms with E-state index in [4.69, 9.17) is 0 Å². The fourth-order valence-corrected chi connectivity index (χ4v) is 1.73. The second-order valence-electron chi connectivity index (χ2n) is 3.83. The Hall–Kier alpha value is -2.44. The third-order valence-electron chi connectivity index (χ3n) is 2.37. The van der Waals surface area contributed by atoms with Crippen LogP contribution in [0.5, 0.6) is 0 Å². The smallest absolute Gasteiger partial charge is 0.296 e. The van der Waals surface area contributed by atoms with Crippen molar-refractivity contribution in [3.8, 4) is 0 Å². The summed E-state index contributed by atoms with van der Waals surface area (Å²) in [4.78, 5) is 33.7. The van der Waals surface area contributed by atoms with Gasteiger partial charge in [0.1, 0.15) is 5.82 Å². The minimum absolute atomic E-state index is 0.116. The lowest BCUT2D eigenvalue weighted by molar-refractivity contribution is -0.114. The Bertz CT molecular complexity index is 683. The van der Waals surface area contributed by atoms with Crippen LogP contribution in [0.1, 0.15) is 18.4 Å². The van der Waals surface area contributed by atoms with E-state index in [1.165, 1.54) is 11.3 Å². The molecule has 7 nitrogen and oxygen atoms in total. The van der Waals surface area contributed by atoms with Gasteiger partial charge in [-0.25, -0.2) is 14.2 Å². The van der Waals surface area contributed by atoms with Crippen molar-refractivity contribution in [2.24, 2.45) is 0 Å². The van der Waals surface area contributed by atoms with Crippen LogP contribution in [0.25, 0.3) is 5.65 Å². The van der Waals surface area contributed by atoms with Gasteiger partial charge in [-0.2, -0.15) is 4.98 Å². The summed E-state index contributed by atoms with van der Waals surface area (Å²) in [6, 6.07) is 0. The quantitative estimate of drug-likeness (QED) is 0.768. The molecule has 0 spiro atoms. The highest BCUT2D eigenvalue weighted by atomic mass is 16.2. The number of amides is 1.